The van der Waals surface area contributed by atoms with Crippen molar-refractivity contribution in [3.63, 3.8) is 0 Å². The second-order valence-electron chi connectivity index (χ2n) is 9.90. The molecule has 0 atom stereocenters. The van der Waals surface area contributed by atoms with Gasteiger partial charge in [-0.3, -0.25) is 0 Å². The van der Waals surface area contributed by atoms with Crippen molar-refractivity contribution in [3.8, 4) is 45.6 Å². The predicted octanol–water partition coefficient (Wildman–Crippen LogP) is 6.04. The van der Waals surface area contributed by atoms with Crippen LogP contribution in [0.15, 0.2) is 91.0 Å². The Kier molecular flexibility index (Phi) is 5.61. The van der Waals surface area contributed by atoms with Crippen molar-refractivity contribution in [2.24, 2.45) is 0 Å². The van der Waals surface area contributed by atoms with Gasteiger partial charge in [-0.05, 0) is 0 Å². The maximum atomic E-state index is 5.04. The van der Waals surface area contributed by atoms with Crippen LogP contribution >= 0.6 is 0 Å². The molecule has 0 amide bonds. The number of aromatic nitrogens is 8. The van der Waals surface area contributed by atoms with Crippen LogP contribution in [0.1, 0.15) is 0 Å². The summed E-state index contributed by atoms with van der Waals surface area (Å²) in [6.07, 6.45) is 0. The normalized spacial score (nSPS) is 11.7. The van der Waals surface area contributed by atoms with Gasteiger partial charge in [0.05, 0.1) is 0 Å². The third kappa shape index (κ3) is 3.67. The van der Waals surface area contributed by atoms with Crippen LogP contribution < -0.4 is 4.46 Å². The van der Waals surface area contributed by atoms with E-state index < -0.39 is 0 Å². The van der Waals surface area contributed by atoms with Crippen LogP contribution in [0.3, 0.4) is 0 Å². The van der Waals surface area contributed by atoms with Gasteiger partial charge in [-0.2, -0.15) is 0 Å². The average molecular weight is 633 g/mol. The number of nitrogens with one attached hydrogen (secondary N) is 2. The third-order valence-corrected chi connectivity index (χ3v) is 7.98. The first-order valence-corrected chi connectivity index (χ1v) is 13.6. The molecule has 2 aliphatic heterocycles. The molecule has 5 heterocycles. The molecule has 0 aliphatic carbocycles. The quantitative estimate of drug-likeness (QED) is 0.197. The summed E-state index contributed by atoms with van der Waals surface area (Å²) in [5.41, 5.74) is 6.30. The number of fused-ring (bicyclic) bond motifs is 20. The second kappa shape index (κ2) is 9.41. The molecular weight excluding hydrogens is 616 g/mol. The molecule has 0 fully saturated rings. The molecule has 10 heteroatoms. The number of H-pyrrole nitrogens is 2. The van der Waals surface area contributed by atoms with Crippen molar-refractivity contribution in [1.29, 1.82) is 0 Å². The van der Waals surface area contributed by atoms with Crippen molar-refractivity contribution in [3.05, 3.63) is 91.0 Å². The molecule has 204 valence electrons. The van der Waals surface area contributed by atoms with E-state index in [2.05, 4.69) is 26.0 Å². The molecule has 0 unspecified atom stereocenters. The Bertz CT molecular complexity index is 2410. The Hall–Kier alpha value is -4.72. The van der Waals surface area contributed by atoms with E-state index in [1.54, 1.807) is 0 Å². The van der Waals surface area contributed by atoms with E-state index in [9.17, 15) is 0 Å². The van der Waals surface area contributed by atoms with Crippen LogP contribution in [0, 0.1) is 0 Å². The van der Waals surface area contributed by atoms with Crippen LogP contribution in [0.25, 0.3) is 89.7 Å². The van der Waals surface area contributed by atoms with E-state index >= 15 is 0 Å². The fourth-order valence-electron chi connectivity index (χ4n) is 5.64. The van der Waals surface area contributed by atoms with Gasteiger partial charge in [0.25, 0.3) is 0 Å². The number of rotatable bonds is 0. The summed E-state index contributed by atoms with van der Waals surface area (Å²) in [6.45, 7) is 0. The van der Waals surface area contributed by atoms with Crippen LogP contribution in [-0.2, 0) is 33.1 Å². The second-order valence-corrected chi connectivity index (χ2v) is 10.5. The molecule has 2 N–H and O–H groups in total. The van der Waals surface area contributed by atoms with Crippen LogP contribution in [-0.4, -0.2) is 39.9 Å². The Morgan fingerprint density at radius 1 is 0.405 bits per heavy atom. The molecule has 8 bridgehead atoms. The number of hydrogen-bond acceptors (Lipinski definition) is 6. The molecule has 7 aromatic rings. The van der Waals surface area contributed by atoms with Gasteiger partial charge >= 0.3 is 235 Å². The van der Waals surface area contributed by atoms with Crippen LogP contribution in [0.2, 0.25) is 0 Å². The van der Waals surface area contributed by atoms with E-state index in [0.717, 1.165) is 48.3 Å². The zero-order chi connectivity index (χ0) is 27.1. The Morgan fingerprint density at radius 3 is 1.29 bits per heavy atom. The van der Waals surface area contributed by atoms with Crippen molar-refractivity contribution in [1.82, 2.24) is 39.9 Å². The summed E-state index contributed by atoms with van der Waals surface area (Å²) in [7, 11) is 0. The standard InChI is InChI=1S/C32H17N8.Cu.Fe/c1-2-10-18-17(9-1)25-33-26(18)38-28-21-13-5-6-14-22(21)30(35-28)40-32-24-16-8-7-15-23(24)31(36-32)39-29-20-12-4-3-11-19(20)27(34-29)37-25;;/h1-15H,(H2,33,34,35,36,37,38,39,40);;. The number of hydrogen-bond donors (Lipinski definition) is 2. The van der Waals surface area contributed by atoms with E-state index in [1.807, 2.05) is 91.0 Å². The van der Waals surface area contributed by atoms with Crippen molar-refractivity contribution in [2.45, 2.75) is 0 Å². The van der Waals surface area contributed by atoms with Crippen LogP contribution in [0.5, 0.6) is 0 Å². The summed E-state index contributed by atoms with van der Waals surface area (Å²) in [5, 5.41) is 3.70. The average Bonchev–Trinajstić information content (AvgIpc) is 3.73. The summed E-state index contributed by atoms with van der Waals surface area (Å²) >= 11 is 4.29. The van der Waals surface area contributed by atoms with E-state index in [-0.39, 0.29) is 17.1 Å². The molecule has 0 saturated carbocycles. The molecule has 2 aliphatic rings. The van der Waals surface area contributed by atoms with E-state index in [4.69, 9.17) is 29.9 Å². The minimum atomic E-state index is 0. The van der Waals surface area contributed by atoms with Gasteiger partial charge in [0.1, 0.15) is 0 Å². The predicted molar refractivity (Wildman–Crippen MR) is 156 cm³/mol. The van der Waals surface area contributed by atoms with Crippen molar-refractivity contribution < 1.29 is 33.1 Å². The van der Waals surface area contributed by atoms with Gasteiger partial charge in [-0.15, -0.1) is 0 Å². The molecular formula is C32H17CuFeN8. The summed E-state index contributed by atoms with van der Waals surface area (Å²) in [4.78, 5) is 36.8. The molecule has 0 saturated heterocycles. The van der Waals surface area contributed by atoms with Gasteiger partial charge in [0.15, 0.2) is 0 Å². The zero-order valence-electron chi connectivity index (χ0n) is 21.5. The Balaban J connectivity index is 0.00000267. The zero-order valence-corrected chi connectivity index (χ0v) is 23.5. The monoisotopic (exact) mass is 632 g/mol. The Morgan fingerprint density at radius 2 is 0.786 bits per heavy atom. The van der Waals surface area contributed by atoms with Crippen LogP contribution in [0.4, 0.5) is 0 Å². The maximum absolute atomic E-state index is 5.04. The van der Waals surface area contributed by atoms with Gasteiger partial charge in [-0.1, -0.05) is 6.07 Å². The molecule has 0 spiro atoms. The molecule has 42 heavy (non-hydrogen) atoms. The fraction of sp³-hybridized carbons (Fsp3) is 0. The molecule has 9 rings (SSSR count). The fourth-order valence-corrected chi connectivity index (χ4v) is 6.02. The summed E-state index contributed by atoms with van der Waals surface area (Å²) in [5.74, 6) is 2.32. The number of nitrogens with zero attached hydrogens (tertiary/aromatic N) is 6. The first-order chi connectivity index (χ1) is 20.2. The van der Waals surface area contributed by atoms with Gasteiger partial charge in [0, 0.05) is 17.1 Å². The van der Waals surface area contributed by atoms with Crippen molar-refractivity contribution >= 4 is 48.6 Å². The van der Waals surface area contributed by atoms with E-state index in [0.29, 0.717) is 45.9 Å². The molecule has 4 aromatic carbocycles. The van der Waals surface area contributed by atoms with E-state index in [1.165, 1.54) is 0 Å². The molecule has 3 aromatic heterocycles. The topological polar surface area (TPSA) is 109 Å². The third-order valence-electron chi connectivity index (χ3n) is 7.52. The SMILES string of the molecule is [Cu].[Fe][c]1cccc2c3nc4nc(nc5[nH]c(nc6nc(nc([nH]3)c12)-c1ccccc1-6)c1ccccc51)-c1ccccc1-4. The van der Waals surface area contributed by atoms with Crippen molar-refractivity contribution in [2.75, 3.05) is 0 Å². The summed E-state index contributed by atoms with van der Waals surface area (Å²) in [6, 6.07) is 30.1. The molecule has 8 nitrogen and oxygen atoms in total. The molecule has 1 radical (unpaired) electrons. The first-order valence-electron chi connectivity index (χ1n) is 13.1. The van der Waals surface area contributed by atoms with Gasteiger partial charge in [0.2, 0.25) is 0 Å². The first kappa shape index (κ1) is 25.0. The number of aromatic amines is 2. The van der Waals surface area contributed by atoms with Gasteiger partial charge < -0.3 is 0 Å². The van der Waals surface area contributed by atoms with Gasteiger partial charge in [-0.25, -0.2) is 0 Å². The summed E-state index contributed by atoms with van der Waals surface area (Å²) < 4.78 is 0.846. The minimum absolute atomic E-state index is 0. The Labute approximate surface area is 257 Å². The number of benzene rings is 4.